The summed E-state index contributed by atoms with van der Waals surface area (Å²) in [6, 6.07) is 11.7. The minimum absolute atomic E-state index is 0.162. The summed E-state index contributed by atoms with van der Waals surface area (Å²) in [5, 5.41) is 0. The number of carbonyl (C=O) groups excluding carboxylic acids is 1. The number of nitrogens with zero attached hydrogens (tertiary/aromatic N) is 2. The third-order valence-electron chi connectivity index (χ3n) is 3.43. The van der Waals surface area contributed by atoms with Crippen LogP contribution in [0.1, 0.15) is 11.8 Å². The summed E-state index contributed by atoms with van der Waals surface area (Å²) in [6.07, 6.45) is 0.275. The van der Waals surface area contributed by atoms with E-state index in [1.165, 1.54) is 22.7 Å². The number of thiophene rings is 1. The summed E-state index contributed by atoms with van der Waals surface area (Å²) in [7, 11) is 0. The highest BCUT2D eigenvalue weighted by molar-refractivity contribution is 7.16. The third kappa shape index (κ3) is 4.13. The molecule has 0 unspecified atom stereocenters. The topological polar surface area (TPSA) is 43.6 Å². The molecule has 0 saturated heterocycles. The van der Waals surface area contributed by atoms with Gasteiger partial charge in [0, 0.05) is 18.0 Å². The fourth-order valence-electron chi connectivity index (χ4n) is 2.36. The van der Waals surface area contributed by atoms with Crippen molar-refractivity contribution in [1.29, 1.82) is 0 Å². The number of rotatable bonds is 6. The average molecular weight is 381 g/mol. The van der Waals surface area contributed by atoms with Crippen molar-refractivity contribution in [3.8, 4) is 0 Å². The second kappa shape index (κ2) is 8.07. The van der Waals surface area contributed by atoms with Gasteiger partial charge in [-0.1, -0.05) is 35.1 Å². The minimum Gasteiger partial charge on any atom is -0.380 e. The van der Waals surface area contributed by atoms with Gasteiger partial charge in [0.2, 0.25) is 0 Å². The lowest BCUT2D eigenvalue weighted by Crippen LogP contribution is -2.20. The van der Waals surface area contributed by atoms with Crippen LogP contribution in [0.2, 0.25) is 4.34 Å². The van der Waals surface area contributed by atoms with Crippen LogP contribution >= 0.6 is 34.3 Å². The van der Waals surface area contributed by atoms with Gasteiger partial charge in [0.1, 0.15) is 0 Å². The van der Waals surface area contributed by atoms with Gasteiger partial charge in [-0.05, 0) is 31.2 Å². The Morgan fingerprint density at radius 2 is 2.08 bits per heavy atom. The van der Waals surface area contributed by atoms with Gasteiger partial charge in [0.05, 0.1) is 27.6 Å². The van der Waals surface area contributed by atoms with E-state index in [1.54, 1.807) is 6.07 Å². The molecule has 0 atom stereocenters. The fraction of sp³-hybridized carbons (Fsp3) is 0.294. The molecule has 0 radical (unpaired) electrons. The number of fused-ring (bicyclic) bond motifs is 1. The molecule has 0 N–H and O–H groups in total. The van der Waals surface area contributed by atoms with E-state index in [9.17, 15) is 4.79 Å². The molecule has 0 aliphatic rings. The predicted molar refractivity (Wildman–Crippen MR) is 99.9 cm³/mol. The Morgan fingerprint density at radius 1 is 1.25 bits per heavy atom. The first-order valence-corrected chi connectivity index (χ1v) is 9.66. The van der Waals surface area contributed by atoms with Crippen LogP contribution in [0.4, 0.5) is 0 Å². The summed E-state index contributed by atoms with van der Waals surface area (Å²) in [5.41, 5.74) is 1.08. The number of thiazole rings is 1. The van der Waals surface area contributed by atoms with Crippen molar-refractivity contribution >= 4 is 50.4 Å². The Balaban J connectivity index is 1.91. The van der Waals surface area contributed by atoms with Crippen molar-refractivity contribution in [3.63, 3.8) is 0 Å². The fourth-order valence-corrected chi connectivity index (χ4v) is 4.52. The number of ether oxygens (including phenoxy) is 1. The number of carbonyl (C=O) groups is 1. The van der Waals surface area contributed by atoms with Gasteiger partial charge in [0.15, 0.2) is 4.80 Å². The average Bonchev–Trinajstić information content (AvgIpc) is 3.11. The molecular formula is C17H17ClN2O2S2. The van der Waals surface area contributed by atoms with Crippen molar-refractivity contribution in [2.45, 2.75) is 19.9 Å². The maximum atomic E-state index is 12.3. The Bertz CT molecular complexity index is 911. The molecular weight excluding hydrogens is 364 g/mol. The molecule has 24 heavy (non-hydrogen) atoms. The van der Waals surface area contributed by atoms with Crippen LogP contribution < -0.4 is 4.80 Å². The number of halogens is 1. The Morgan fingerprint density at radius 3 is 2.83 bits per heavy atom. The van der Waals surface area contributed by atoms with Crippen molar-refractivity contribution in [2.24, 2.45) is 4.99 Å². The van der Waals surface area contributed by atoms with E-state index in [0.29, 0.717) is 28.9 Å². The number of para-hydroxylation sites is 1. The molecule has 2 heterocycles. The first-order chi connectivity index (χ1) is 11.7. The number of aromatic nitrogens is 1. The van der Waals surface area contributed by atoms with Crippen LogP contribution in [0.25, 0.3) is 10.2 Å². The van der Waals surface area contributed by atoms with E-state index in [-0.39, 0.29) is 12.3 Å². The standard InChI is InChI=1S/C17H17ClN2O2S2/c1-2-22-10-9-20-13-5-3-4-6-14(13)24-17(20)19-16(21)11-12-7-8-15(18)23-12/h3-8H,2,9-11H2,1H3. The number of hydrogen-bond acceptors (Lipinski definition) is 4. The summed E-state index contributed by atoms with van der Waals surface area (Å²) in [5.74, 6) is -0.162. The summed E-state index contributed by atoms with van der Waals surface area (Å²) in [6.45, 7) is 3.92. The lowest BCUT2D eigenvalue weighted by molar-refractivity contribution is -0.117. The molecule has 3 aromatic rings. The van der Waals surface area contributed by atoms with Crippen LogP contribution in [-0.4, -0.2) is 23.7 Å². The van der Waals surface area contributed by atoms with Crippen molar-refractivity contribution in [1.82, 2.24) is 4.57 Å². The van der Waals surface area contributed by atoms with Crippen LogP contribution in [0, 0.1) is 0 Å². The molecule has 126 valence electrons. The maximum absolute atomic E-state index is 12.3. The number of hydrogen-bond donors (Lipinski definition) is 0. The lowest BCUT2D eigenvalue weighted by Gasteiger charge is -2.05. The van der Waals surface area contributed by atoms with Gasteiger partial charge >= 0.3 is 0 Å². The van der Waals surface area contributed by atoms with Crippen LogP contribution in [0.15, 0.2) is 41.4 Å². The van der Waals surface area contributed by atoms with E-state index in [2.05, 4.69) is 9.56 Å². The van der Waals surface area contributed by atoms with Gasteiger partial charge in [-0.25, -0.2) is 0 Å². The molecule has 7 heteroatoms. The van der Waals surface area contributed by atoms with Gasteiger partial charge in [-0.3, -0.25) is 4.79 Å². The first-order valence-electron chi connectivity index (χ1n) is 7.65. The normalized spacial score (nSPS) is 12.2. The van der Waals surface area contributed by atoms with Gasteiger partial charge in [-0.2, -0.15) is 4.99 Å². The Kier molecular flexibility index (Phi) is 5.84. The molecule has 0 bridgehead atoms. The highest BCUT2D eigenvalue weighted by atomic mass is 35.5. The second-order valence-corrected chi connectivity index (χ2v) is 7.90. The van der Waals surface area contributed by atoms with Crippen molar-refractivity contribution in [2.75, 3.05) is 13.2 Å². The van der Waals surface area contributed by atoms with Crippen LogP contribution in [0.3, 0.4) is 0 Å². The molecule has 4 nitrogen and oxygen atoms in total. The zero-order chi connectivity index (χ0) is 16.9. The molecule has 2 aromatic heterocycles. The van der Waals surface area contributed by atoms with Crippen molar-refractivity contribution in [3.05, 3.63) is 50.4 Å². The molecule has 1 aromatic carbocycles. The first kappa shape index (κ1) is 17.4. The highest BCUT2D eigenvalue weighted by Gasteiger charge is 2.09. The van der Waals surface area contributed by atoms with E-state index in [1.807, 2.05) is 37.3 Å². The molecule has 3 rings (SSSR count). The third-order valence-corrected chi connectivity index (χ3v) is 5.72. The molecule has 0 fully saturated rings. The predicted octanol–water partition coefficient (Wildman–Crippen LogP) is 4.12. The number of benzene rings is 1. The summed E-state index contributed by atoms with van der Waals surface area (Å²) < 4.78 is 9.31. The molecule has 1 amide bonds. The van der Waals surface area contributed by atoms with Crippen LogP contribution in [-0.2, 0) is 22.5 Å². The van der Waals surface area contributed by atoms with E-state index >= 15 is 0 Å². The lowest BCUT2D eigenvalue weighted by atomic mass is 10.3. The Labute approximate surface area is 153 Å². The summed E-state index contributed by atoms with van der Waals surface area (Å²) >= 11 is 8.85. The zero-order valence-electron chi connectivity index (χ0n) is 13.2. The largest absolute Gasteiger partial charge is 0.380 e. The van der Waals surface area contributed by atoms with E-state index in [4.69, 9.17) is 16.3 Å². The van der Waals surface area contributed by atoms with E-state index < -0.39 is 0 Å². The zero-order valence-corrected chi connectivity index (χ0v) is 15.6. The highest BCUT2D eigenvalue weighted by Crippen LogP contribution is 2.22. The molecule has 0 aliphatic carbocycles. The molecule has 0 saturated carbocycles. The SMILES string of the molecule is CCOCCn1c(=NC(=O)Cc2ccc(Cl)s2)sc2ccccc21. The molecule has 0 spiro atoms. The maximum Gasteiger partial charge on any atom is 0.253 e. The second-order valence-electron chi connectivity index (χ2n) is 5.09. The number of amides is 1. The van der Waals surface area contributed by atoms with Crippen LogP contribution in [0.5, 0.6) is 0 Å². The van der Waals surface area contributed by atoms with Gasteiger partial charge < -0.3 is 9.30 Å². The molecule has 0 aliphatic heterocycles. The van der Waals surface area contributed by atoms with Gasteiger partial charge in [0.25, 0.3) is 5.91 Å². The smallest absolute Gasteiger partial charge is 0.253 e. The van der Waals surface area contributed by atoms with Gasteiger partial charge in [-0.15, -0.1) is 11.3 Å². The minimum atomic E-state index is -0.162. The quantitative estimate of drug-likeness (QED) is 0.603. The van der Waals surface area contributed by atoms with E-state index in [0.717, 1.165) is 15.1 Å². The monoisotopic (exact) mass is 380 g/mol. The van der Waals surface area contributed by atoms with Crippen molar-refractivity contribution < 1.29 is 9.53 Å². The summed E-state index contributed by atoms with van der Waals surface area (Å²) in [4.78, 5) is 18.3. The Hall–Kier alpha value is -1.47.